The number of rotatable bonds is 4. The summed E-state index contributed by atoms with van der Waals surface area (Å²) in [5.74, 6) is -6.02. The van der Waals surface area contributed by atoms with Crippen molar-refractivity contribution in [3.05, 3.63) is 23.8 Å². The largest absolute Gasteiger partial charge is 0.462 e. The zero-order chi connectivity index (χ0) is 28.8. The third-order valence-corrected chi connectivity index (χ3v) is 8.15. The SMILES string of the molecule is CC(=O)OC1C=CC(CO)=CC2OC(=O)C(C)C2(O)C(OC(C)=O)C2C(C)(O)C(O)CC(OC(C)=O)C12C. The highest BCUT2D eigenvalue weighted by Gasteiger charge is 2.72. The van der Waals surface area contributed by atoms with Gasteiger partial charge in [-0.25, -0.2) is 0 Å². The van der Waals surface area contributed by atoms with E-state index < -0.39 is 89.5 Å². The second-order valence-corrected chi connectivity index (χ2v) is 10.7. The molecule has 0 aromatic rings. The first-order valence-corrected chi connectivity index (χ1v) is 12.4. The molecule has 0 amide bonds. The minimum absolute atomic E-state index is 0.169. The van der Waals surface area contributed by atoms with Crippen molar-refractivity contribution >= 4 is 23.9 Å². The molecule has 4 N–H and O–H groups in total. The number of carbonyl (C=O) groups is 4. The van der Waals surface area contributed by atoms with Crippen molar-refractivity contribution in [2.45, 2.75) is 89.7 Å². The number of ether oxygens (including phenoxy) is 4. The standard InChI is InChI=1S/C26H36O12/c1-12-23(32)38-20-9-16(11-27)7-8-18(35-13(2)28)24(5)19(36-14(3)29)10-17(31)25(6,33)21(24)22(26(12,20)34)37-15(4)30/h7-9,12,17-22,27,31,33-34H,10-11H2,1-6H3. The first-order chi connectivity index (χ1) is 17.5. The fourth-order valence-corrected chi connectivity index (χ4v) is 6.16. The van der Waals surface area contributed by atoms with Crippen LogP contribution >= 0.6 is 0 Å². The lowest BCUT2D eigenvalue weighted by Crippen LogP contribution is -2.73. The smallest absolute Gasteiger partial charge is 0.312 e. The number of hydrogen-bond donors (Lipinski definition) is 4. The van der Waals surface area contributed by atoms with Gasteiger partial charge < -0.3 is 39.4 Å². The van der Waals surface area contributed by atoms with E-state index in [1.807, 2.05) is 0 Å². The number of aliphatic hydroxyl groups is 4. The van der Waals surface area contributed by atoms with Gasteiger partial charge in [-0.05, 0) is 31.6 Å². The van der Waals surface area contributed by atoms with Gasteiger partial charge in [-0.15, -0.1) is 0 Å². The number of hydrogen-bond acceptors (Lipinski definition) is 12. The first-order valence-electron chi connectivity index (χ1n) is 12.4. The normalized spacial score (nSPS) is 42.6. The molecule has 10 unspecified atom stereocenters. The van der Waals surface area contributed by atoms with Crippen LogP contribution in [0.25, 0.3) is 0 Å². The van der Waals surface area contributed by atoms with Gasteiger partial charge in [-0.1, -0.05) is 13.0 Å². The molecule has 3 aliphatic rings. The van der Waals surface area contributed by atoms with Crippen LogP contribution < -0.4 is 0 Å². The van der Waals surface area contributed by atoms with Crippen LogP contribution in [-0.4, -0.2) is 92.6 Å². The highest BCUT2D eigenvalue weighted by atomic mass is 16.6. The molecule has 2 fully saturated rings. The lowest BCUT2D eigenvalue weighted by Gasteiger charge is -2.60. The van der Waals surface area contributed by atoms with Gasteiger partial charge in [0.15, 0.2) is 11.7 Å². The maximum absolute atomic E-state index is 12.8. The molecule has 0 radical (unpaired) electrons. The molecule has 1 aliphatic heterocycles. The summed E-state index contributed by atoms with van der Waals surface area (Å²) >= 11 is 0. The minimum Gasteiger partial charge on any atom is -0.462 e. The van der Waals surface area contributed by atoms with Crippen molar-refractivity contribution in [1.82, 2.24) is 0 Å². The average molecular weight is 541 g/mol. The Morgan fingerprint density at radius 2 is 1.63 bits per heavy atom. The van der Waals surface area contributed by atoms with Crippen LogP contribution in [-0.2, 0) is 38.1 Å². The quantitative estimate of drug-likeness (QED) is 0.270. The predicted octanol–water partition coefficient (Wildman–Crippen LogP) is -0.299. The van der Waals surface area contributed by atoms with Gasteiger partial charge in [0.05, 0.1) is 29.6 Å². The highest BCUT2D eigenvalue weighted by Crippen LogP contribution is 2.57. The molecule has 1 heterocycles. The van der Waals surface area contributed by atoms with Gasteiger partial charge in [0, 0.05) is 33.1 Å². The van der Waals surface area contributed by atoms with Crippen LogP contribution in [0.3, 0.4) is 0 Å². The molecule has 1 saturated heterocycles. The van der Waals surface area contributed by atoms with Gasteiger partial charge >= 0.3 is 23.9 Å². The number of esters is 4. The lowest BCUT2D eigenvalue weighted by atomic mass is 9.51. The van der Waals surface area contributed by atoms with E-state index in [1.54, 1.807) is 0 Å². The third kappa shape index (κ3) is 4.86. The van der Waals surface area contributed by atoms with Crippen molar-refractivity contribution in [2.24, 2.45) is 17.3 Å². The van der Waals surface area contributed by atoms with E-state index in [0.717, 1.165) is 20.8 Å². The van der Waals surface area contributed by atoms with Crippen LogP contribution in [0.2, 0.25) is 0 Å². The Morgan fingerprint density at radius 3 is 2.16 bits per heavy atom. The molecule has 0 spiro atoms. The molecular formula is C26H36O12. The van der Waals surface area contributed by atoms with Crippen molar-refractivity contribution in [3.8, 4) is 0 Å². The fourth-order valence-electron chi connectivity index (χ4n) is 6.16. The van der Waals surface area contributed by atoms with E-state index in [0.29, 0.717) is 0 Å². The highest BCUT2D eigenvalue weighted by molar-refractivity contribution is 5.78. The van der Waals surface area contributed by atoms with Crippen LogP contribution in [0.4, 0.5) is 0 Å². The predicted molar refractivity (Wildman–Crippen MR) is 128 cm³/mol. The van der Waals surface area contributed by atoms with E-state index in [1.165, 1.54) is 39.0 Å². The van der Waals surface area contributed by atoms with Gasteiger partial charge in [-0.2, -0.15) is 0 Å². The average Bonchev–Trinajstić information content (AvgIpc) is 3.01. The number of aliphatic hydroxyl groups excluding tert-OH is 2. The van der Waals surface area contributed by atoms with Gasteiger partial charge in [0.1, 0.15) is 18.3 Å². The van der Waals surface area contributed by atoms with Crippen molar-refractivity contribution in [3.63, 3.8) is 0 Å². The molecule has 0 bridgehead atoms. The molecule has 3 rings (SSSR count). The lowest BCUT2D eigenvalue weighted by molar-refractivity contribution is -0.284. The molecular weight excluding hydrogens is 504 g/mol. The maximum atomic E-state index is 12.8. The van der Waals surface area contributed by atoms with E-state index >= 15 is 0 Å². The molecule has 12 nitrogen and oxygen atoms in total. The molecule has 12 heteroatoms. The Kier molecular flexibility index (Phi) is 8.14. The zero-order valence-corrected chi connectivity index (χ0v) is 22.2. The summed E-state index contributed by atoms with van der Waals surface area (Å²) in [7, 11) is 0. The summed E-state index contributed by atoms with van der Waals surface area (Å²) in [6, 6.07) is 0. The van der Waals surface area contributed by atoms with Crippen molar-refractivity contribution in [2.75, 3.05) is 6.61 Å². The van der Waals surface area contributed by atoms with Crippen LogP contribution in [0, 0.1) is 17.3 Å². The molecule has 10 atom stereocenters. The minimum atomic E-state index is -2.33. The van der Waals surface area contributed by atoms with Crippen LogP contribution in [0.15, 0.2) is 23.8 Å². The summed E-state index contributed by atoms with van der Waals surface area (Å²) in [5, 5.41) is 45.1. The van der Waals surface area contributed by atoms with Crippen LogP contribution in [0.1, 0.15) is 48.0 Å². The third-order valence-electron chi connectivity index (χ3n) is 8.15. The Balaban J connectivity index is 2.46. The second kappa shape index (κ2) is 10.4. The molecule has 0 aromatic heterocycles. The van der Waals surface area contributed by atoms with Gasteiger partial charge in [0.2, 0.25) is 0 Å². The van der Waals surface area contributed by atoms with E-state index in [2.05, 4.69) is 0 Å². The van der Waals surface area contributed by atoms with Crippen LogP contribution in [0.5, 0.6) is 0 Å². The van der Waals surface area contributed by atoms with Crippen molar-refractivity contribution in [1.29, 1.82) is 0 Å². The van der Waals surface area contributed by atoms with Gasteiger partial charge in [0.25, 0.3) is 0 Å². The van der Waals surface area contributed by atoms with E-state index in [4.69, 9.17) is 18.9 Å². The molecule has 212 valence electrons. The van der Waals surface area contributed by atoms with Crippen molar-refractivity contribution < 1.29 is 58.6 Å². The first kappa shape index (κ1) is 29.8. The second-order valence-electron chi connectivity index (χ2n) is 10.7. The Hall–Kier alpha value is -2.80. The summed E-state index contributed by atoms with van der Waals surface area (Å²) < 4.78 is 22.3. The Bertz CT molecular complexity index is 1050. The summed E-state index contributed by atoms with van der Waals surface area (Å²) in [6.45, 7) is 6.90. The Morgan fingerprint density at radius 1 is 1.05 bits per heavy atom. The molecule has 2 aliphatic carbocycles. The molecule has 0 aromatic carbocycles. The van der Waals surface area contributed by atoms with E-state index in [-0.39, 0.29) is 12.0 Å². The molecule has 38 heavy (non-hydrogen) atoms. The fraction of sp³-hybridized carbons (Fsp3) is 0.692. The maximum Gasteiger partial charge on any atom is 0.312 e. The molecule has 1 saturated carbocycles. The van der Waals surface area contributed by atoms with E-state index in [9.17, 15) is 39.6 Å². The Labute approximate surface area is 220 Å². The monoisotopic (exact) mass is 540 g/mol. The summed E-state index contributed by atoms with van der Waals surface area (Å²) in [6.07, 6.45) is -3.53. The zero-order valence-electron chi connectivity index (χ0n) is 22.2. The topological polar surface area (TPSA) is 186 Å². The summed E-state index contributed by atoms with van der Waals surface area (Å²) in [5.41, 5.74) is -5.97. The number of fused-ring (bicyclic) bond motifs is 2. The number of carbonyl (C=O) groups excluding carboxylic acids is 4. The summed E-state index contributed by atoms with van der Waals surface area (Å²) in [4.78, 5) is 49.6. The van der Waals surface area contributed by atoms with Gasteiger partial charge in [-0.3, -0.25) is 19.2 Å².